The molecular weight excluding hydrogens is 396 g/mol. The van der Waals surface area contributed by atoms with Gasteiger partial charge in [-0.05, 0) is 44.0 Å². The lowest BCUT2D eigenvalue weighted by Crippen LogP contribution is -1.83. The van der Waals surface area contributed by atoms with Gasteiger partial charge >= 0.3 is 0 Å². The SMILES string of the molecule is Brc1cc2c3nccnc3c3cc(Br)sc3c2s1. The lowest BCUT2D eigenvalue weighted by Gasteiger charge is -2.00. The van der Waals surface area contributed by atoms with Crippen molar-refractivity contribution in [3.63, 3.8) is 0 Å². The monoisotopic (exact) mass is 398 g/mol. The molecule has 1 aromatic carbocycles. The Morgan fingerprint density at radius 2 is 1.22 bits per heavy atom. The van der Waals surface area contributed by atoms with Crippen LogP contribution in [0.15, 0.2) is 32.1 Å². The Morgan fingerprint density at radius 3 is 1.67 bits per heavy atom. The summed E-state index contributed by atoms with van der Waals surface area (Å²) < 4.78 is 4.81. The van der Waals surface area contributed by atoms with Gasteiger partial charge in [0.2, 0.25) is 0 Å². The van der Waals surface area contributed by atoms with E-state index in [0.717, 1.165) is 18.6 Å². The molecule has 0 aliphatic heterocycles. The lowest BCUT2D eigenvalue weighted by molar-refractivity contribution is 1.31. The summed E-state index contributed by atoms with van der Waals surface area (Å²) in [4.78, 5) is 8.99. The third kappa shape index (κ3) is 1.49. The predicted molar refractivity (Wildman–Crippen MR) is 85.7 cm³/mol. The highest BCUT2D eigenvalue weighted by atomic mass is 79.9. The van der Waals surface area contributed by atoms with Gasteiger partial charge in [-0.1, -0.05) is 0 Å². The van der Waals surface area contributed by atoms with Crippen molar-refractivity contribution in [2.75, 3.05) is 0 Å². The number of fused-ring (bicyclic) bond motifs is 6. The van der Waals surface area contributed by atoms with Crippen LogP contribution < -0.4 is 0 Å². The third-order valence-electron chi connectivity index (χ3n) is 2.82. The maximum absolute atomic E-state index is 4.49. The maximum Gasteiger partial charge on any atom is 0.0981 e. The largest absolute Gasteiger partial charge is 0.252 e. The number of halogens is 2. The van der Waals surface area contributed by atoms with Crippen LogP contribution in [-0.4, -0.2) is 9.97 Å². The van der Waals surface area contributed by atoms with Crippen LogP contribution in [0.1, 0.15) is 0 Å². The number of nitrogens with zero attached hydrogens (tertiary/aromatic N) is 2. The summed E-state index contributed by atoms with van der Waals surface area (Å²) >= 11 is 10.6. The number of hydrogen-bond acceptors (Lipinski definition) is 4. The molecule has 0 N–H and O–H groups in total. The van der Waals surface area contributed by atoms with Gasteiger partial charge in [-0.2, -0.15) is 0 Å². The fraction of sp³-hybridized carbons (Fsp3) is 0. The van der Waals surface area contributed by atoms with Gasteiger partial charge in [-0.25, -0.2) is 0 Å². The van der Waals surface area contributed by atoms with Crippen molar-refractivity contribution in [1.29, 1.82) is 0 Å². The molecule has 3 heterocycles. The van der Waals surface area contributed by atoms with Crippen LogP contribution in [0.2, 0.25) is 0 Å². The first kappa shape index (κ1) is 11.3. The summed E-state index contributed by atoms with van der Waals surface area (Å²) in [5.41, 5.74) is 1.96. The molecule has 4 aromatic rings. The molecular formula is C12H4Br2N2S2. The van der Waals surface area contributed by atoms with Gasteiger partial charge < -0.3 is 0 Å². The van der Waals surface area contributed by atoms with Crippen molar-refractivity contribution in [3.8, 4) is 0 Å². The highest BCUT2D eigenvalue weighted by Crippen LogP contribution is 2.44. The topological polar surface area (TPSA) is 25.8 Å². The zero-order chi connectivity index (χ0) is 12.3. The molecule has 0 aliphatic carbocycles. The Bertz CT molecular complexity index is 836. The fourth-order valence-electron chi connectivity index (χ4n) is 2.14. The molecule has 88 valence electrons. The van der Waals surface area contributed by atoms with Crippen LogP contribution >= 0.6 is 54.5 Å². The average molecular weight is 400 g/mol. The van der Waals surface area contributed by atoms with E-state index >= 15 is 0 Å². The highest BCUT2D eigenvalue weighted by Gasteiger charge is 2.15. The van der Waals surface area contributed by atoms with E-state index in [1.807, 2.05) is 0 Å². The number of thiophene rings is 2. The molecule has 0 saturated carbocycles. The molecule has 6 heteroatoms. The molecule has 3 aromatic heterocycles. The summed E-state index contributed by atoms with van der Waals surface area (Å²) in [7, 11) is 0. The van der Waals surface area contributed by atoms with Crippen molar-refractivity contribution < 1.29 is 0 Å². The van der Waals surface area contributed by atoms with Crippen LogP contribution in [0, 0.1) is 0 Å². The predicted octanol–water partition coefficient (Wildman–Crippen LogP) is 5.58. The van der Waals surface area contributed by atoms with Crippen molar-refractivity contribution in [3.05, 3.63) is 32.1 Å². The normalized spacial score (nSPS) is 11.9. The van der Waals surface area contributed by atoms with E-state index in [2.05, 4.69) is 54.0 Å². The fourth-order valence-corrected chi connectivity index (χ4v) is 5.50. The molecule has 0 fully saturated rings. The summed E-state index contributed by atoms with van der Waals surface area (Å²) in [5.74, 6) is 0. The van der Waals surface area contributed by atoms with Gasteiger partial charge in [0.15, 0.2) is 0 Å². The van der Waals surface area contributed by atoms with Gasteiger partial charge in [0, 0.05) is 23.2 Å². The van der Waals surface area contributed by atoms with E-state index in [9.17, 15) is 0 Å². The molecule has 0 unspecified atom stereocenters. The molecule has 2 nitrogen and oxygen atoms in total. The summed E-state index contributed by atoms with van der Waals surface area (Å²) in [5, 5.41) is 2.36. The van der Waals surface area contributed by atoms with Crippen molar-refractivity contribution in [2.45, 2.75) is 0 Å². The number of rotatable bonds is 0. The minimum atomic E-state index is 0.979. The molecule has 0 bridgehead atoms. The van der Waals surface area contributed by atoms with Crippen LogP contribution in [0.4, 0.5) is 0 Å². The Balaban J connectivity index is 2.44. The van der Waals surface area contributed by atoms with Crippen LogP contribution in [0.3, 0.4) is 0 Å². The molecule has 0 radical (unpaired) electrons. The maximum atomic E-state index is 4.49. The first-order chi connectivity index (χ1) is 8.74. The van der Waals surface area contributed by atoms with Crippen LogP contribution in [0.5, 0.6) is 0 Å². The van der Waals surface area contributed by atoms with Gasteiger partial charge in [-0.15, -0.1) is 22.7 Å². The summed E-state index contributed by atoms with van der Waals surface area (Å²) in [6.07, 6.45) is 3.50. The van der Waals surface area contributed by atoms with Crippen molar-refractivity contribution in [2.24, 2.45) is 0 Å². The first-order valence-electron chi connectivity index (χ1n) is 5.15. The van der Waals surface area contributed by atoms with E-state index in [0.29, 0.717) is 0 Å². The molecule has 4 rings (SSSR count). The first-order valence-corrected chi connectivity index (χ1v) is 8.37. The van der Waals surface area contributed by atoms with E-state index in [1.165, 1.54) is 20.2 Å². The van der Waals surface area contributed by atoms with E-state index in [4.69, 9.17) is 0 Å². The Labute approximate surface area is 127 Å². The third-order valence-corrected chi connectivity index (χ3v) is 6.26. The van der Waals surface area contributed by atoms with Crippen LogP contribution in [0.25, 0.3) is 31.2 Å². The van der Waals surface area contributed by atoms with Crippen molar-refractivity contribution >= 4 is 85.7 Å². The Morgan fingerprint density at radius 1 is 0.778 bits per heavy atom. The Hall–Kier alpha value is -0.560. The zero-order valence-electron chi connectivity index (χ0n) is 8.78. The van der Waals surface area contributed by atoms with Gasteiger partial charge in [-0.3, -0.25) is 9.97 Å². The van der Waals surface area contributed by atoms with Gasteiger partial charge in [0.1, 0.15) is 0 Å². The van der Waals surface area contributed by atoms with Gasteiger partial charge in [0.25, 0.3) is 0 Å². The average Bonchev–Trinajstić information content (AvgIpc) is 2.92. The molecule has 18 heavy (non-hydrogen) atoms. The zero-order valence-corrected chi connectivity index (χ0v) is 13.6. The molecule has 0 saturated heterocycles. The summed E-state index contributed by atoms with van der Waals surface area (Å²) in [6, 6.07) is 4.26. The second-order valence-corrected chi connectivity index (χ2v) is 8.70. The van der Waals surface area contributed by atoms with Gasteiger partial charge in [0.05, 0.1) is 28.0 Å². The standard InChI is InChI=1S/C12H4Br2N2S2/c13-7-3-5-9-10(16-2-1-15-9)6-4-8(14)18-12(6)11(5)17-7/h1-4H. The second-order valence-electron chi connectivity index (χ2n) is 3.84. The number of hydrogen-bond donors (Lipinski definition) is 0. The molecule has 0 spiro atoms. The quantitative estimate of drug-likeness (QED) is 0.385. The number of benzene rings is 1. The molecule has 0 amide bonds. The molecule has 0 atom stereocenters. The second kappa shape index (κ2) is 3.96. The van der Waals surface area contributed by atoms with Crippen molar-refractivity contribution in [1.82, 2.24) is 9.97 Å². The van der Waals surface area contributed by atoms with Crippen LogP contribution in [-0.2, 0) is 0 Å². The Kier molecular flexibility index (Phi) is 2.49. The molecule has 0 aliphatic rings. The van der Waals surface area contributed by atoms with E-state index in [1.54, 1.807) is 35.1 Å². The number of aromatic nitrogens is 2. The lowest BCUT2D eigenvalue weighted by atomic mass is 10.1. The van der Waals surface area contributed by atoms with E-state index < -0.39 is 0 Å². The highest BCUT2D eigenvalue weighted by molar-refractivity contribution is 9.11. The smallest absolute Gasteiger partial charge is 0.0981 e. The summed E-state index contributed by atoms with van der Waals surface area (Å²) in [6.45, 7) is 0. The minimum Gasteiger partial charge on any atom is -0.252 e. The minimum absolute atomic E-state index is 0.979. The van der Waals surface area contributed by atoms with E-state index in [-0.39, 0.29) is 0 Å².